The molecule has 0 saturated heterocycles. The van der Waals surface area contributed by atoms with Crippen molar-refractivity contribution in [3.63, 3.8) is 0 Å². The summed E-state index contributed by atoms with van der Waals surface area (Å²) in [5.74, 6) is -1.19. The van der Waals surface area contributed by atoms with E-state index in [0.29, 0.717) is 0 Å². The largest absolute Gasteiger partial charge is 0.478 e. The monoisotopic (exact) mass is 319 g/mol. The average molecular weight is 319 g/mol. The number of carboxylic acid groups (broad SMARTS) is 1. The number of hydrogen-bond acceptors (Lipinski definition) is 2. The molecular formula is C17H12F3NO2. The summed E-state index contributed by atoms with van der Waals surface area (Å²) in [7, 11) is 0. The Balaban J connectivity index is 2.43. The highest BCUT2D eigenvalue weighted by atomic mass is 19.4. The van der Waals surface area contributed by atoms with Crippen LogP contribution in [-0.2, 0) is 11.0 Å². The maximum absolute atomic E-state index is 12.8. The van der Waals surface area contributed by atoms with Crippen LogP contribution < -0.4 is 0 Å². The van der Waals surface area contributed by atoms with Gasteiger partial charge in [-0.3, -0.25) is 0 Å². The lowest BCUT2D eigenvalue weighted by atomic mass is 10.1. The maximum Gasteiger partial charge on any atom is 0.433 e. The summed E-state index contributed by atoms with van der Waals surface area (Å²) in [6, 6.07) is 11.0. The van der Waals surface area contributed by atoms with E-state index in [4.69, 9.17) is 5.11 Å². The highest BCUT2D eigenvalue weighted by Crippen LogP contribution is 2.29. The van der Waals surface area contributed by atoms with Gasteiger partial charge in [0.05, 0.1) is 5.69 Å². The molecule has 1 aromatic heterocycles. The van der Waals surface area contributed by atoms with E-state index in [9.17, 15) is 18.0 Å². The number of rotatable bonds is 4. The molecule has 0 fully saturated rings. The second-order valence-electron chi connectivity index (χ2n) is 4.58. The highest BCUT2D eigenvalue weighted by Gasteiger charge is 2.32. The fourth-order valence-corrected chi connectivity index (χ4v) is 1.82. The molecule has 0 amide bonds. The molecule has 1 heterocycles. The van der Waals surface area contributed by atoms with E-state index < -0.39 is 17.8 Å². The number of pyridine rings is 1. The zero-order valence-electron chi connectivity index (χ0n) is 11.8. The lowest BCUT2D eigenvalue weighted by molar-refractivity contribution is -0.141. The minimum atomic E-state index is -4.57. The number of carboxylic acids is 1. The molecule has 6 heteroatoms. The average Bonchev–Trinajstić information content (AvgIpc) is 2.51. The van der Waals surface area contributed by atoms with E-state index >= 15 is 0 Å². The molecule has 0 bridgehead atoms. The van der Waals surface area contributed by atoms with E-state index in [-0.39, 0.29) is 11.3 Å². The normalized spacial score (nSPS) is 12.1. The Bertz CT molecular complexity index is 750. The minimum Gasteiger partial charge on any atom is -0.478 e. The summed E-state index contributed by atoms with van der Waals surface area (Å²) < 4.78 is 38.3. The first-order valence-corrected chi connectivity index (χ1v) is 6.58. The van der Waals surface area contributed by atoms with Gasteiger partial charge in [-0.05, 0) is 23.8 Å². The molecule has 0 unspecified atom stereocenters. The number of aliphatic carboxylic acids is 1. The third-order valence-corrected chi connectivity index (χ3v) is 2.89. The van der Waals surface area contributed by atoms with Crippen molar-refractivity contribution in [3.05, 3.63) is 71.1 Å². The van der Waals surface area contributed by atoms with E-state index in [1.807, 2.05) is 6.07 Å². The third-order valence-electron chi connectivity index (χ3n) is 2.89. The summed E-state index contributed by atoms with van der Waals surface area (Å²) >= 11 is 0. The van der Waals surface area contributed by atoms with Crippen molar-refractivity contribution in [2.75, 3.05) is 0 Å². The van der Waals surface area contributed by atoms with Crippen molar-refractivity contribution < 1.29 is 23.1 Å². The van der Waals surface area contributed by atoms with Gasteiger partial charge in [0.1, 0.15) is 5.69 Å². The van der Waals surface area contributed by atoms with Gasteiger partial charge >= 0.3 is 12.1 Å². The van der Waals surface area contributed by atoms with Crippen molar-refractivity contribution in [1.29, 1.82) is 0 Å². The summed E-state index contributed by atoms with van der Waals surface area (Å²) in [5.41, 5.74) is 0.0892. The second-order valence-corrected chi connectivity index (χ2v) is 4.58. The third kappa shape index (κ3) is 4.81. The molecule has 0 spiro atoms. The number of halogens is 3. The first-order valence-electron chi connectivity index (χ1n) is 6.58. The summed E-state index contributed by atoms with van der Waals surface area (Å²) in [6.45, 7) is 0. The van der Waals surface area contributed by atoms with Gasteiger partial charge in [-0.25, -0.2) is 9.78 Å². The van der Waals surface area contributed by atoms with Crippen LogP contribution in [0.1, 0.15) is 22.5 Å². The Morgan fingerprint density at radius 1 is 1.00 bits per heavy atom. The molecule has 1 N–H and O–H groups in total. The van der Waals surface area contributed by atoms with E-state index in [0.717, 1.165) is 17.7 Å². The van der Waals surface area contributed by atoms with Crippen LogP contribution in [0.25, 0.3) is 18.2 Å². The van der Waals surface area contributed by atoms with Crippen LogP contribution in [0.15, 0.2) is 48.5 Å². The van der Waals surface area contributed by atoms with Crippen LogP contribution in [0.4, 0.5) is 13.2 Å². The fraction of sp³-hybridized carbons (Fsp3) is 0.0588. The Labute approximate surface area is 130 Å². The molecule has 118 valence electrons. The van der Waals surface area contributed by atoms with Crippen LogP contribution >= 0.6 is 0 Å². The van der Waals surface area contributed by atoms with Gasteiger partial charge in [-0.1, -0.05) is 42.5 Å². The zero-order valence-corrected chi connectivity index (χ0v) is 11.8. The molecule has 2 aromatic rings. The van der Waals surface area contributed by atoms with Crippen molar-refractivity contribution in [2.45, 2.75) is 6.18 Å². The molecule has 0 atom stereocenters. The number of hydrogen-bond donors (Lipinski definition) is 1. The molecule has 2 rings (SSSR count). The Morgan fingerprint density at radius 2 is 1.70 bits per heavy atom. The Morgan fingerprint density at radius 3 is 2.30 bits per heavy atom. The molecule has 0 saturated carbocycles. The smallest absolute Gasteiger partial charge is 0.433 e. The SMILES string of the molecule is O=C(O)/C=C/c1ccc(C(F)(F)F)nc1/C=C/c1ccccc1. The quantitative estimate of drug-likeness (QED) is 0.851. The summed E-state index contributed by atoms with van der Waals surface area (Å²) in [4.78, 5) is 14.2. The number of nitrogens with zero attached hydrogens (tertiary/aromatic N) is 1. The van der Waals surface area contributed by atoms with Crippen molar-refractivity contribution in [2.24, 2.45) is 0 Å². The first kappa shape index (κ1) is 16.5. The van der Waals surface area contributed by atoms with E-state index in [1.54, 1.807) is 30.3 Å². The predicted octanol–water partition coefficient (Wildman–Crippen LogP) is 4.37. The zero-order chi connectivity index (χ0) is 16.9. The lowest BCUT2D eigenvalue weighted by Gasteiger charge is -2.08. The minimum absolute atomic E-state index is 0.0428. The molecule has 1 aromatic carbocycles. The van der Waals surface area contributed by atoms with Crippen molar-refractivity contribution in [3.8, 4) is 0 Å². The standard InChI is InChI=1S/C17H12F3NO2/c18-17(19,20)15-10-7-13(8-11-16(22)23)14(21-15)9-6-12-4-2-1-3-5-12/h1-11H,(H,22,23)/b9-6+,11-8+. The number of aromatic nitrogens is 1. The van der Waals surface area contributed by atoms with Crippen molar-refractivity contribution in [1.82, 2.24) is 4.98 Å². The molecule has 0 aliphatic carbocycles. The molecule has 0 aliphatic heterocycles. The van der Waals surface area contributed by atoms with Crippen molar-refractivity contribution >= 4 is 24.2 Å². The van der Waals surface area contributed by atoms with Crippen LogP contribution in [-0.4, -0.2) is 16.1 Å². The number of alkyl halides is 3. The summed E-state index contributed by atoms with van der Waals surface area (Å²) in [6.07, 6.45) is 0.529. The fourth-order valence-electron chi connectivity index (χ4n) is 1.82. The molecule has 0 aliphatic rings. The van der Waals surface area contributed by atoms with E-state index in [2.05, 4.69) is 4.98 Å². The predicted molar refractivity (Wildman–Crippen MR) is 81.3 cm³/mol. The van der Waals surface area contributed by atoms with Gasteiger partial charge in [-0.15, -0.1) is 0 Å². The molecule has 3 nitrogen and oxygen atoms in total. The maximum atomic E-state index is 12.8. The molecular weight excluding hydrogens is 307 g/mol. The van der Waals surface area contributed by atoms with Gasteiger partial charge in [0.2, 0.25) is 0 Å². The molecule has 23 heavy (non-hydrogen) atoms. The number of benzene rings is 1. The second kappa shape index (κ2) is 6.91. The first-order chi connectivity index (χ1) is 10.9. The van der Waals surface area contributed by atoms with Crippen LogP contribution in [0.5, 0.6) is 0 Å². The van der Waals surface area contributed by atoms with Crippen LogP contribution in [0.3, 0.4) is 0 Å². The topological polar surface area (TPSA) is 50.2 Å². The lowest BCUT2D eigenvalue weighted by Crippen LogP contribution is -2.09. The van der Waals surface area contributed by atoms with Gasteiger partial charge < -0.3 is 5.11 Å². The number of carbonyl (C=O) groups is 1. The Hall–Kier alpha value is -2.89. The van der Waals surface area contributed by atoms with E-state index in [1.165, 1.54) is 18.2 Å². The highest BCUT2D eigenvalue weighted by molar-refractivity contribution is 5.86. The van der Waals surface area contributed by atoms with Gasteiger partial charge in [0.15, 0.2) is 0 Å². The van der Waals surface area contributed by atoms with Gasteiger partial charge in [0.25, 0.3) is 0 Å². The van der Waals surface area contributed by atoms with Gasteiger partial charge in [-0.2, -0.15) is 13.2 Å². The van der Waals surface area contributed by atoms with Crippen LogP contribution in [0.2, 0.25) is 0 Å². The molecule has 0 radical (unpaired) electrons. The van der Waals surface area contributed by atoms with Gasteiger partial charge in [0, 0.05) is 11.6 Å². The summed E-state index contributed by atoms with van der Waals surface area (Å²) in [5, 5.41) is 8.65. The Kier molecular flexibility index (Phi) is 4.95. The van der Waals surface area contributed by atoms with Crippen LogP contribution in [0, 0.1) is 0 Å².